The molecule has 0 radical (unpaired) electrons. The zero-order valence-corrected chi connectivity index (χ0v) is 12.5. The molecule has 1 aromatic heterocycles. The lowest BCUT2D eigenvalue weighted by atomic mass is 10.1. The van der Waals surface area contributed by atoms with Crippen molar-refractivity contribution >= 4 is 27.3 Å². The Kier molecular flexibility index (Phi) is 4.79. The fourth-order valence-electron chi connectivity index (χ4n) is 2.43. The molecule has 0 bridgehead atoms. The minimum atomic E-state index is -3.88. The summed E-state index contributed by atoms with van der Waals surface area (Å²) in [5.41, 5.74) is 0. The van der Waals surface area contributed by atoms with Crippen LogP contribution < -0.4 is 0 Å². The molecule has 0 aliphatic carbocycles. The summed E-state index contributed by atoms with van der Waals surface area (Å²) in [6, 6.07) is 0.854. The van der Waals surface area contributed by atoms with E-state index in [0.29, 0.717) is 13.0 Å². The Morgan fingerprint density at radius 2 is 2.15 bits per heavy atom. The Morgan fingerprint density at radius 3 is 2.80 bits per heavy atom. The van der Waals surface area contributed by atoms with Crippen molar-refractivity contribution < 1.29 is 23.4 Å². The molecule has 112 valence electrons. The molecule has 1 fully saturated rings. The summed E-state index contributed by atoms with van der Waals surface area (Å²) in [5, 5.41) is 19.9. The molecule has 2 heterocycles. The van der Waals surface area contributed by atoms with Gasteiger partial charge in [-0.05, 0) is 24.3 Å². The number of carboxylic acids is 1. The van der Waals surface area contributed by atoms with Gasteiger partial charge in [0.25, 0.3) is 0 Å². The SMILES string of the molecule is O=C(O)c1sccc1S(=O)(=O)N1CCCCCC1CO. The zero-order chi connectivity index (χ0) is 14.8. The standard InChI is InChI=1S/C12H17NO5S2/c14-8-9-4-2-1-3-6-13(9)20(17,18)10-5-7-19-11(10)12(15)16/h5,7,9,14H,1-4,6,8H2,(H,15,16). The van der Waals surface area contributed by atoms with E-state index in [9.17, 15) is 18.3 Å². The topological polar surface area (TPSA) is 94.9 Å². The maximum Gasteiger partial charge on any atom is 0.347 e. The number of carbonyl (C=O) groups is 1. The van der Waals surface area contributed by atoms with Crippen molar-refractivity contribution in [3.8, 4) is 0 Å². The van der Waals surface area contributed by atoms with E-state index in [1.165, 1.54) is 15.8 Å². The van der Waals surface area contributed by atoms with Crippen molar-refractivity contribution in [3.05, 3.63) is 16.3 Å². The van der Waals surface area contributed by atoms with Gasteiger partial charge in [-0.1, -0.05) is 12.8 Å². The number of aromatic carboxylic acids is 1. The number of sulfonamides is 1. The van der Waals surface area contributed by atoms with Crippen LogP contribution in [0.4, 0.5) is 0 Å². The lowest BCUT2D eigenvalue weighted by Crippen LogP contribution is -2.42. The fraction of sp³-hybridized carbons (Fsp3) is 0.583. The summed E-state index contributed by atoms with van der Waals surface area (Å²) in [5.74, 6) is -1.24. The van der Waals surface area contributed by atoms with Crippen LogP contribution >= 0.6 is 11.3 Å². The van der Waals surface area contributed by atoms with E-state index in [0.717, 1.165) is 30.6 Å². The summed E-state index contributed by atoms with van der Waals surface area (Å²) >= 11 is 0.895. The van der Waals surface area contributed by atoms with Crippen LogP contribution in [0.5, 0.6) is 0 Å². The summed E-state index contributed by atoms with van der Waals surface area (Å²) in [6.07, 6.45) is 3.11. The van der Waals surface area contributed by atoms with Crippen LogP contribution in [-0.4, -0.2) is 48.1 Å². The van der Waals surface area contributed by atoms with Gasteiger partial charge in [0.05, 0.1) is 6.61 Å². The van der Waals surface area contributed by atoms with Gasteiger partial charge >= 0.3 is 5.97 Å². The van der Waals surface area contributed by atoms with Gasteiger partial charge in [-0.2, -0.15) is 4.31 Å². The van der Waals surface area contributed by atoms with Gasteiger partial charge in [-0.25, -0.2) is 13.2 Å². The number of hydrogen-bond acceptors (Lipinski definition) is 5. The van der Waals surface area contributed by atoms with Crippen LogP contribution in [0.25, 0.3) is 0 Å². The van der Waals surface area contributed by atoms with E-state index in [4.69, 9.17) is 5.11 Å². The summed E-state index contributed by atoms with van der Waals surface area (Å²) < 4.78 is 26.6. The zero-order valence-electron chi connectivity index (χ0n) is 10.9. The number of hydrogen-bond donors (Lipinski definition) is 2. The molecule has 1 atom stereocenters. The predicted octanol–water partition coefficient (Wildman–Crippen LogP) is 1.37. The first kappa shape index (κ1) is 15.4. The first-order valence-corrected chi connectivity index (χ1v) is 8.74. The molecule has 0 spiro atoms. The lowest BCUT2D eigenvalue weighted by Gasteiger charge is -2.27. The Hall–Kier alpha value is -0.960. The van der Waals surface area contributed by atoms with Gasteiger partial charge in [0.1, 0.15) is 9.77 Å². The first-order chi connectivity index (χ1) is 9.48. The van der Waals surface area contributed by atoms with Crippen molar-refractivity contribution in [2.24, 2.45) is 0 Å². The summed E-state index contributed by atoms with van der Waals surface area (Å²) in [6.45, 7) is 0.0776. The highest BCUT2D eigenvalue weighted by Crippen LogP contribution is 2.29. The average molecular weight is 319 g/mol. The van der Waals surface area contributed by atoms with E-state index in [-0.39, 0.29) is 16.4 Å². The van der Waals surface area contributed by atoms with Gasteiger partial charge in [0, 0.05) is 12.6 Å². The number of aliphatic hydroxyl groups excluding tert-OH is 1. The number of aliphatic hydroxyl groups is 1. The lowest BCUT2D eigenvalue weighted by molar-refractivity contribution is 0.0698. The molecule has 2 N–H and O–H groups in total. The van der Waals surface area contributed by atoms with Crippen LogP contribution in [0.15, 0.2) is 16.3 Å². The number of nitrogens with zero attached hydrogens (tertiary/aromatic N) is 1. The van der Waals surface area contributed by atoms with Crippen molar-refractivity contribution in [2.45, 2.75) is 36.6 Å². The summed E-state index contributed by atoms with van der Waals surface area (Å²) in [7, 11) is -3.88. The van der Waals surface area contributed by atoms with Gasteiger partial charge in [-0.3, -0.25) is 0 Å². The maximum atomic E-state index is 12.7. The Morgan fingerprint density at radius 1 is 1.40 bits per heavy atom. The molecule has 1 saturated heterocycles. The second kappa shape index (κ2) is 6.21. The Labute approximate surface area is 121 Å². The van der Waals surface area contributed by atoms with Crippen LogP contribution in [-0.2, 0) is 10.0 Å². The van der Waals surface area contributed by atoms with E-state index in [1.54, 1.807) is 0 Å². The largest absolute Gasteiger partial charge is 0.477 e. The summed E-state index contributed by atoms with van der Waals surface area (Å²) in [4.78, 5) is 10.8. The van der Waals surface area contributed by atoms with Gasteiger partial charge in [-0.15, -0.1) is 11.3 Å². The van der Waals surface area contributed by atoms with Crippen molar-refractivity contribution in [1.29, 1.82) is 0 Å². The molecule has 2 rings (SSSR count). The predicted molar refractivity (Wildman–Crippen MR) is 74.5 cm³/mol. The molecular formula is C12H17NO5S2. The van der Waals surface area contributed by atoms with E-state index in [2.05, 4.69) is 0 Å². The van der Waals surface area contributed by atoms with Crippen LogP contribution in [0.2, 0.25) is 0 Å². The molecule has 0 amide bonds. The number of rotatable bonds is 4. The van der Waals surface area contributed by atoms with Gasteiger partial charge in [0.2, 0.25) is 10.0 Å². The quantitative estimate of drug-likeness (QED) is 0.874. The second-order valence-electron chi connectivity index (χ2n) is 4.72. The third-order valence-electron chi connectivity index (χ3n) is 3.44. The molecule has 0 saturated carbocycles. The van der Waals surface area contributed by atoms with E-state index < -0.39 is 22.0 Å². The van der Waals surface area contributed by atoms with Gasteiger partial charge < -0.3 is 10.2 Å². The second-order valence-corrected chi connectivity index (χ2v) is 7.50. The van der Waals surface area contributed by atoms with Crippen molar-refractivity contribution in [3.63, 3.8) is 0 Å². The molecule has 1 unspecified atom stereocenters. The molecule has 6 nitrogen and oxygen atoms in total. The number of thiophene rings is 1. The third kappa shape index (κ3) is 2.88. The highest BCUT2D eigenvalue weighted by Gasteiger charge is 2.35. The first-order valence-electron chi connectivity index (χ1n) is 6.42. The minimum Gasteiger partial charge on any atom is -0.477 e. The Balaban J connectivity index is 2.41. The van der Waals surface area contributed by atoms with E-state index >= 15 is 0 Å². The Bertz CT molecular complexity index is 580. The highest BCUT2D eigenvalue weighted by atomic mass is 32.2. The molecule has 8 heteroatoms. The molecule has 1 aliphatic rings. The maximum absolute atomic E-state index is 12.7. The fourth-order valence-corrected chi connectivity index (χ4v) is 5.35. The molecule has 1 aliphatic heterocycles. The third-order valence-corrected chi connectivity index (χ3v) is 6.47. The molecule has 0 aromatic carbocycles. The average Bonchev–Trinajstić information content (AvgIpc) is 2.78. The van der Waals surface area contributed by atoms with E-state index in [1.807, 2.05) is 0 Å². The van der Waals surface area contributed by atoms with Crippen LogP contribution in [0.3, 0.4) is 0 Å². The highest BCUT2D eigenvalue weighted by molar-refractivity contribution is 7.89. The normalized spacial score (nSPS) is 21.6. The molecule has 1 aromatic rings. The van der Waals surface area contributed by atoms with Crippen molar-refractivity contribution in [1.82, 2.24) is 4.31 Å². The van der Waals surface area contributed by atoms with Gasteiger partial charge in [0.15, 0.2) is 0 Å². The molecule has 20 heavy (non-hydrogen) atoms. The molecular weight excluding hydrogens is 302 g/mol. The monoisotopic (exact) mass is 319 g/mol. The number of carboxylic acid groups (broad SMARTS) is 1. The smallest absolute Gasteiger partial charge is 0.347 e. The van der Waals surface area contributed by atoms with Crippen molar-refractivity contribution in [2.75, 3.05) is 13.2 Å². The van der Waals surface area contributed by atoms with Crippen LogP contribution in [0.1, 0.15) is 35.4 Å². The minimum absolute atomic E-state index is 0.171. The van der Waals surface area contributed by atoms with Crippen LogP contribution in [0, 0.1) is 0 Å².